The molecule has 2 unspecified atom stereocenters. The smallest absolute Gasteiger partial charge is 0.191 e. The molecule has 3 rings (SSSR count). The summed E-state index contributed by atoms with van der Waals surface area (Å²) in [6, 6.07) is 12.7. The number of nitrogens with zero attached hydrogens (tertiary/aromatic N) is 2. The van der Waals surface area contributed by atoms with E-state index in [1.807, 2.05) is 24.3 Å². The van der Waals surface area contributed by atoms with Crippen LogP contribution in [-0.2, 0) is 6.54 Å². The van der Waals surface area contributed by atoms with Gasteiger partial charge in [-0.15, -0.1) is 0 Å². The highest BCUT2D eigenvalue weighted by atomic mass is 35.5. The lowest BCUT2D eigenvalue weighted by Gasteiger charge is -2.11. The lowest BCUT2D eigenvalue weighted by molar-refractivity contribution is 0.702. The van der Waals surface area contributed by atoms with Gasteiger partial charge in [-0.25, -0.2) is 0 Å². The first kappa shape index (κ1) is 15.9. The molecule has 1 fully saturated rings. The van der Waals surface area contributed by atoms with E-state index in [1.54, 1.807) is 0 Å². The second kappa shape index (κ2) is 7.55. The molecule has 1 aromatic carbocycles. The molecule has 0 aliphatic heterocycles. The van der Waals surface area contributed by atoms with Crippen molar-refractivity contribution in [2.75, 3.05) is 13.1 Å². The van der Waals surface area contributed by atoms with E-state index in [4.69, 9.17) is 11.6 Å². The molecule has 4 nitrogen and oxygen atoms in total. The molecular formula is C18H23ClN4. The molecular weight excluding hydrogens is 308 g/mol. The minimum absolute atomic E-state index is 0.442. The van der Waals surface area contributed by atoms with Crippen LogP contribution in [0.3, 0.4) is 0 Å². The highest BCUT2D eigenvalue weighted by molar-refractivity contribution is 6.30. The van der Waals surface area contributed by atoms with Crippen molar-refractivity contribution < 1.29 is 0 Å². The van der Waals surface area contributed by atoms with Crippen LogP contribution in [0.25, 0.3) is 0 Å². The Hall–Kier alpha value is -1.94. The van der Waals surface area contributed by atoms with Crippen molar-refractivity contribution in [3.05, 3.63) is 59.4 Å². The standard InChI is InChI=1S/C18H23ClN4/c1-2-20-18(21-8-11-23-9-3-4-10-23)22-17-13-16(17)14-6-5-7-15(19)12-14/h3-7,9-10,12,16-17H,2,8,11,13H2,1H3,(H2,20,21,22). The van der Waals surface area contributed by atoms with Gasteiger partial charge in [-0.3, -0.25) is 4.99 Å². The largest absolute Gasteiger partial charge is 0.357 e. The predicted molar refractivity (Wildman–Crippen MR) is 96.1 cm³/mol. The Bertz CT molecular complexity index is 651. The Morgan fingerprint density at radius 1 is 1.30 bits per heavy atom. The molecule has 2 aromatic rings. The molecule has 0 radical (unpaired) electrons. The van der Waals surface area contributed by atoms with Crippen molar-refractivity contribution in [2.24, 2.45) is 4.99 Å². The van der Waals surface area contributed by atoms with Crippen molar-refractivity contribution in [3.63, 3.8) is 0 Å². The number of aliphatic imine (C=N–C) groups is 1. The van der Waals surface area contributed by atoms with Gasteiger partial charge >= 0.3 is 0 Å². The summed E-state index contributed by atoms with van der Waals surface area (Å²) in [6.07, 6.45) is 5.25. The second-order valence-electron chi connectivity index (χ2n) is 5.83. The number of aromatic nitrogens is 1. The maximum atomic E-state index is 6.08. The summed E-state index contributed by atoms with van der Waals surface area (Å²) in [6.45, 7) is 4.61. The monoisotopic (exact) mass is 330 g/mol. The molecule has 1 aliphatic carbocycles. The first-order chi connectivity index (χ1) is 11.3. The van der Waals surface area contributed by atoms with E-state index in [1.165, 1.54) is 5.56 Å². The third-order valence-electron chi connectivity index (χ3n) is 4.03. The Kier molecular flexibility index (Phi) is 5.23. The average molecular weight is 331 g/mol. The average Bonchev–Trinajstić information content (AvgIpc) is 3.10. The van der Waals surface area contributed by atoms with E-state index >= 15 is 0 Å². The number of benzene rings is 1. The highest BCUT2D eigenvalue weighted by Gasteiger charge is 2.39. The van der Waals surface area contributed by atoms with E-state index in [-0.39, 0.29) is 0 Å². The molecule has 2 atom stereocenters. The van der Waals surface area contributed by atoms with Gasteiger partial charge in [0.25, 0.3) is 0 Å². The second-order valence-corrected chi connectivity index (χ2v) is 6.27. The Morgan fingerprint density at radius 3 is 2.87 bits per heavy atom. The fourth-order valence-electron chi connectivity index (χ4n) is 2.75. The fourth-order valence-corrected chi connectivity index (χ4v) is 2.95. The molecule has 1 aromatic heterocycles. The van der Waals surface area contributed by atoms with Crippen molar-refractivity contribution in [2.45, 2.75) is 31.8 Å². The zero-order chi connectivity index (χ0) is 16.1. The summed E-state index contributed by atoms with van der Waals surface area (Å²) >= 11 is 6.08. The summed E-state index contributed by atoms with van der Waals surface area (Å²) in [5, 5.41) is 7.65. The molecule has 2 N–H and O–H groups in total. The maximum absolute atomic E-state index is 6.08. The van der Waals surface area contributed by atoms with Crippen LogP contribution in [0.4, 0.5) is 0 Å². The van der Waals surface area contributed by atoms with E-state index < -0.39 is 0 Å². The minimum atomic E-state index is 0.442. The zero-order valence-electron chi connectivity index (χ0n) is 13.4. The molecule has 1 aliphatic rings. The third-order valence-corrected chi connectivity index (χ3v) is 4.26. The van der Waals surface area contributed by atoms with Crippen LogP contribution in [0.1, 0.15) is 24.8 Å². The van der Waals surface area contributed by atoms with Crippen LogP contribution < -0.4 is 10.6 Å². The number of halogens is 1. The summed E-state index contributed by atoms with van der Waals surface area (Å²) in [5.41, 5.74) is 1.30. The van der Waals surface area contributed by atoms with E-state index in [9.17, 15) is 0 Å². The minimum Gasteiger partial charge on any atom is -0.357 e. The summed E-state index contributed by atoms with van der Waals surface area (Å²) in [4.78, 5) is 4.66. The number of nitrogens with one attached hydrogen (secondary N) is 2. The van der Waals surface area contributed by atoms with Gasteiger partial charge in [0, 0.05) is 42.5 Å². The van der Waals surface area contributed by atoms with Crippen LogP contribution in [0.2, 0.25) is 5.02 Å². The van der Waals surface area contributed by atoms with Gasteiger partial charge in [0.2, 0.25) is 0 Å². The quantitative estimate of drug-likeness (QED) is 0.630. The predicted octanol–water partition coefficient (Wildman–Crippen LogP) is 3.25. The van der Waals surface area contributed by atoms with Crippen LogP contribution >= 0.6 is 11.6 Å². The van der Waals surface area contributed by atoms with Gasteiger partial charge in [-0.1, -0.05) is 23.7 Å². The molecule has 0 bridgehead atoms. The first-order valence-electron chi connectivity index (χ1n) is 8.17. The topological polar surface area (TPSA) is 41.4 Å². The molecule has 0 amide bonds. The number of rotatable bonds is 6. The Morgan fingerprint density at radius 2 is 2.13 bits per heavy atom. The van der Waals surface area contributed by atoms with Gasteiger partial charge in [-0.05, 0) is 43.2 Å². The van der Waals surface area contributed by atoms with Gasteiger partial charge in [0.05, 0.1) is 6.54 Å². The van der Waals surface area contributed by atoms with Crippen LogP contribution in [0.15, 0.2) is 53.8 Å². The summed E-state index contributed by atoms with van der Waals surface area (Å²) in [5.74, 6) is 1.43. The summed E-state index contributed by atoms with van der Waals surface area (Å²) in [7, 11) is 0. The maximum Gasteiger partial charge on any atom is 0.191 e. The van der Waals surface area contributed by atoms with Crippen LogP contribution in [0.5, 0.6) is 0 Å². The van der Waals surface area contributed by atoms with E-state index in [0.717, 1.165) is 37.0 Å². The van der Waals surface area contributed by atoms with E-state index in [2.05, 4.69) is 51.6 Å². The zero-order valence-corrected chi connectivity index (χ0v) is 14.1. The SMILES string of the molecule is CCNC(=NCCn1cccc1)NC1CC1c1cccc(Cl)c1. The molecule has 122 valence electrons. The number of guanidine groups is 1. The molecule has 1 heterocycles. The van der Waals surface area contributed by atoms with Gasteiger partial charge < -0.3 is 15.2 Å². The van der Waals surface area contributed by atoms with Gasteiger partial charge in [0.15, 0.2) is 5.96 Å². The molecule has 5 heteroatoms. The van der Waals surface area contributed by atoms with Crippen molar-refractivity contribution >= 4 is 17.6 Å². The molecule has 0 spiro atoms. The lowest BCUT2D eigenvalue weighted by atomic mass is 10.1. The number of hydrogen-bond donors (Lipinski definition) is 2. The molecule has 1 saturated carbocycles. The normalized spacial score (nSPS) is 20.3. The number of hydrogen-bond acceptors (Lipinski definition) is 1. The first-order valence-corrected chi connectivity index (χ1v) is 8.55. The van der Waals surface area contributed by atoms with Crippen LogP contribution in [-0.4, -0.2) is 29.7 Å². The molecule has 0 saturated heterocycles. The van der Waals surface area contributed by atoms with Gasteiger partial charge in [-0.2, -0.15) is 0 Å². The van der Waals surface area contributed by atoms with Crippen molar-refractivity contribution in [1.82, 2.24) is 15.2 Å². The summed E-state index contributed by atoms with van der Waals surface area (Å²) < 4.78 is 2.14. The Labute approximate surface area is 142 Å². The van der Waals surface area contributed by atoms with Crippen molar-refractivity contribution in [1.29, 1.82) is 0 Å². The fraction of sp³-hybridized carbons (Fsp3) is 0.389. The highest BCUT2D eigenvalue weighted by Crippen LogP contribution is 2.41. The Balaban J connectivity index is 1.53. The molecule has 23 heavy (non-hydrogen) atoms. The lowest BCUT2D eigenvalue weighted by Crippen LogP contribution is -2.39. The van der Waals surface area contributed by atoms with Crippen LogP contribution in [0, 0.1) is 0 Å². The van der Waals surface area contributed by atoms with E-state index in [0.29, 0.717) is 12.0 Å². The van der Waals surface area contributed by atoms with Gasteiger partial charge in [0.1, 0.15) is 0 Å². The van der Waals surface area contributed by atoms with Crippen molar-refractivity contribution in [3.8, 4) is 0 Å². The third kappa shape index (κ3) is 4.52.